The van der Waals surface area contributed by atoms with Crippen LogP contribution < -0.4 is 5.32 Å². The summed E-state index contributed by atoms with van der Waals surface area (Å²) in [6.07, 6.45) is 3.69. The average molecular weight is 272 g/mol. The Morgan fingerprint density at radius 2 is 2.06 bits per heavy atom. The Hall–Kier alpha value is -0.180. The van der Waals surface area contributed by atoms with Gasteiger partial charge in [0.05, 0.1) is 0 Å². The summed E-state index contributed by atoms with van der Waals surface area (Å²) in [5, 5.41) is 4.27. The first kappa shape index (κ1) is 14.9. The van der Waals surface area contributed by atoms with E-state index in [1.807, 2.05) is 17.8 Å². The highest BCUT2D eigenvalue weighted by Crippen LogP contribution is 2.26. The number of halogens is 1. The van der Waals surface area contributed by atoms with Gasteiger partial charge in [0.25, 0.3) is 0 Å². The van der Waals surface area contributed by atoms with E-state index in [1.54, 1.807) is 0 Å². The molecule has 0 aliphatic carbocycles. The van der Waals surface area contributed by atoms with E-state index in [0.29, 0.717) is 0 Å². The fourth-order valence-electron chi connectivity index (χ4n) is 1.55. The van der Waals surface area contributed by atoms with Crippen LogP contribution in [0.1, 0.15) is 38.7 Å². The topological polar surface area (TPSA) is 12.0 Å². The second-order valence-electron chi connectivity index (χ2n) is 4.13. The molecule has 1 aromatic rings. The van der Waals surface area contributed by atoms with Crippen LogP contribution in [-0.2, 0) is 6.54 Å². The smallest absolute Gasteiger partial charge is 0.0410 e. The predicted octanol–water partition coefficient (Wildman–Crippen LogP) is 4.73. The molecule has 3 heteroatoms. The number of hydrogen-bond acceptors (Lipinski definition) is 2. The first-order valence-electron chi connectivity index (χ1n) is 6.39. The lowest BCUT2D eigenvalue weighted by Crippen LogP contribution is -2.14. The van der Waals surface area contributed by atoms with E-state index in [4.69, 9.17) is 11.6 Å². The molecule has 0 radical (unpaired) electrons. The lowest BCUT2D eigenvalue weighted by molar-refractivity contribution is 0.669. The van der Waals surface area contributed by atoms with Gasteiger partial charge in [-0.25, -0.2) is 0 Å². The molecular weight excluding hydrogens is 250 g/mol. The van der Waals surface area contributed by atoms with Crippen LogP contribution in [0.15, 0.2) is 23.1 Å². The lowest BCUT2D eigenvalue weighted by Gasteiger charge is -2.10. The Morgan fingerprint density at radius 3 is 2.76 bits per heavy atom. The Kier molecular flexibility index (Phi) is 7.74. The normalized spacial score (nSPS) is 10.8. The van der Waals surface area contributed by atoms with Crippen molar-refractivity contribution in [1.82, 2.24) is 5.32 Å². The predicted molar refractivity (Wildman–Crippen MR) is 79.1 cm³/mol. The van der Waals surface area contributed by atoms with Crippen LogP contribution in [-0.4, -0.2) is 12.3 Å². The molecule has 0 saturated carbocycles. The molecule has 0 atom stereocenters. The maximum Gasteiger partial charge on any atom is 0.0410 e. The van der Waals surface area contributed by atoms with Crippen LogP contribution in [0.4, 0.5) is 0 Å². The van der Waals surface area contributed by atoms with E-state index in [1.165, 1.54) is 35.5 Å². The van der Waals surface area contributed by atoms with E-state index < -0.39 is 0 Å². The molecule has 0 aliphatic rings. The van der Waals surface area contributed by atoms with Crippen molar-refractivity contribution in [3.8, 4) is 0 Å². The quantitative estimate of drug-likeness (QED) is 0.542. The maximum atomic E-state index is 6.05. The van der Waals surface area contributed by atoms with Gasteiger partial charge >= 0.3 is 0 Å². The van der Waals surface area contributed by atoms with Crippen LogP contribution in [0.3, 0.4) is 0 Å². The summed E-state index contributed by atoms with van der Waals surface area (Å²) < 4.78 is 0. The maximum absolute atomic E-state index is 6.05. The molecule has 0 aliphatic heterocycles. The zero-order valence-electron chi connectivity index (χ0n) is 10.8. The molecule has 0 saturated heterocycles. The van der Waals surface area contributed by atoms with E-state index in [-0.39, 0.29) is 0 Å². The zero-order chi connectivity index (χ0) is 12.5. The van der Waals surface area contributed by atoms with Crippen molar-refractivity contribution in [2.75, 3.05) is 12.3 Å². The molecule has 0 amide bonds. The van der Waals surface area contributed by atoms with Gasteiger partial charge in [0, 0.05) is 16.5 Å². The van der Waals surface area contributed by atoms with Crippen LogP contribution in [0.5, 0.6) is 0 Å². The minimum absolute atomic E-state index is 0.832. The van der Waals surface area contributed by atoms with Crippen molar-refractivity contribution in [2.45, 2.75) is 44.6 Å². The minimum atomic E-state index is 0.832. The van der Waals surface area contributed by atoms with E-state index in [2.05, 4.69) is 31.3 Å². The fraction of sp³-hybridized carbons (Fsp3) is 0.571. The molecule has 1 nitrogen and oxygen atoms in total. The number of nitrogens with one attached hydrogen (secondary N) is 1. The molecule has 96 valence electrons. The molecule has 0 heterocycles. The van der Waals surface area contributed by atoms with Crippen molar-refractivity contribution >= 4 is 23.4 Å². The zero-order valence-corrected chi connectivity index (χ0v) is 12.3. The van der Waals surface area contributed by atoms with E-state index in [0.717, 1.165) is 18.1 Å². The van der Waals surface area contributed by atoms with Crippen molar-refractivity contribution in [3.63, 3.8) is 0 Å². The SMILES string of the molecule is CCCCSc1ccc(Cl)cc1CNCCC. The van der Waals surface area contributed by atoms with Gasteiger partial charge in [0.1, 0.15) is 0 Å². The third-order valence-electron chi connectivity index (χ3n) is 2.52. The van der Waals surface area contributed by atoms with Crippen LogP contribution >= 0.6 is 23.4 Å². The fourth-order valence-corrected chi connectivity index (χ4v) is 2.88. The highest BCUT2D eigenvalue weighted by molar-refractivity contribution is 7.99. The third-order valence-corrected chi connectivity index (χ3v) is 3.96. The van der Waals surface area contributed by atoms with Crippen LogP contribution in [0, 0.1) is 0 Å². The minimum Gasteiger partial charge on any atom is -0.313 e. The Bertz CT molecular complexity index is 328. The van der Waals surface area contributed by atoms with Crippen molar-refractivity contribution in [3.05, 3.63) is 28.8 Å². The second-order valence-corrected chi connectivity index (χ2v) is 5.70. The highest BCUT2D eigenvalue weighted by Gasteiger charge is 2.03. The number of thioether (sulfide) groups is 1. The summed E-state index contributed by atoms with van der Waals surface area (Å²) in [4.78, 5) is 1.37. The highest BCUT2D eigenvalue weighted by atomic mass is 35.5. The van der Waals surface area contributed by atoms with Gasteiger partial charge < -0.3 is 5.32 Å². The molecule has 0 spiro atoms. The molecule has 0 fully saturated rings. The monoisotopic (exact) mass is 271 g/mol. The summed E-state index contributed by atoms with van der Waals surface area (Å²) in [6, 6.07) is 6.21. The van der Waals surface area contributed by atoms with Crippen LogP contribution in [0.25, 0.3) is 0 Å². The third kappa shape index (κ3) is 5.80. The van der Waals surface area contributed by atoms with Crippen molar-refractivity contribution in [1.29, 1.82) is 0 Å². The van der Waals surface area contributed by atoms with Gasteiger partial charge in [-0.2, -0.15) is 0 Å². The van der Waals surface area contributed by atoms with Gasteiger partial charge in [-0.15, -0.1) is 11.8 Å². The molecule has 0 unspecified atom stereocenters. The van der Waals surface area contributed by atoms with Crippen molar-refractivity contribution < 1.29 is 0 Å². The molecule has 1 rings (SSSR count). The lowest BCUT2D eigenvalue weighted by atomic mass is 10.2. The molecular formula is C14H22ClNS. The standard InChI is InChI=1S/C14H22ClNS/c1-3-5-9-17-14-7-6-13(15)10-12(14)11-16-8-4-2/h6-7,10,16H,3-5,8-9,11H2,1-2H3. The summed E-state index contributed by atoms with van der Waals surface area (Å²) in [6.45, 7) is 6.39. The number of unbranched alkanes of at least 4 members (excludes halogenated alkanes) is 1. The number of hydrogen-bond donors (Lipinski definition) is 1. The van der Waals surface area contributed by atoms with Crippen molar-refractivity contribution in [2.24, 2.45) is 0 Å². The van der Waals surface area contributed by atoms with Gasteiger partial charge in [0.2, 0.25) is 0 Å². The van der Waals surface area contributed by atoms with Gasteiger partial charge in [-0.1, -0.05) is 31.9 Å². The summed E-state index contributed by atoms with van der Waals surface area (Å²) in [7, 11) is 0. The summed E-state index contributed by atoms with van der Waals surface area (Å²) in [5.41, 5.74) is 1.33. The Morgan fingerprint density at radius 1 is 1.24 bits per heavy atom. The largest absolute Gasteiger partial charge is 0.313 e. The first-order valence-corrected chi connectivity index (χ1v) is 7.76. The molecule has 17 heavy (non-hydrogen) atoms. The second kappa shape index (κ2) is 8.84. The number of benzene rings is 1. The van der Waals surface area contributed by atoms with Gasteiger partial charge in [0.15, 0.2) is 0 Å². The van der Waals surface area contributed by atoms with E-state index in [9.17, 15) is 0 Å². The summed E-state index contributed by atoms with van der Waals surface area (Å²) >= 11 is 7.99. The van der Waals surface area contributed by atoms with E-state index >= 15 is 0 Å². The summed E-state index contributed by atoms with van der Waals surface area (Å²) in [5.74, 6) is 1.19. The molecule has 0 bridgehead atoms. The Labute approximate surface area is 114 Å². The molecule has 1 N–H and O–H groups in total. The average Bonchev–Trinajstić information content (AvgIpc) is 2.32. The molecule has 1 aromatic carbocycles. The van der Waals surface area contributed by atoms with Gasteiger partial charge in [-0.05, 0) is 48.9 Å². The van der Waals surface area contributed by atoms with Gasteiger partial charge in [-0.3, -0.25) is 0 Å². The Balaban J connectivity index is 2.59. The number of rotatable bonds is 8. The first-order chi connectivity index (χ1) is 8.27. The molecule has 0 aromatic heterocycles. The van der Waals surface area contributed by atoms with Crippen LogP contribution in [0.2, 0.25) is 5.02 Å².